The first kappa shape index (κ1) is 14.8. The summed E-state index contributed by atoms with van der Waals surface area (Å²) < 4.78 is 18.0. The van der Waals surface area contributed by atoms with Gasteiger partial charge in [0.15, 0.2) is 0 Å². The van der Waals surface area contributed by atoms with E-state index in [1.165, 1.54) is 0 Å². The maximum atomic E-state index is 12.6. The third-order valence-electron chi connectivity index (χ3n) is 3.05. The summed E-state index contributed by atoms with van der Waals surface area (Å²) in [5.74, 6) is 0.274. The average Bonchev–Trinajstić information content (AvgIpc) is 2.48. The third kappa shape index (κ3) is 3.95. The lowest BCUT2D eigenvalue weighted by Gasteiger charge is -2.17. The number of benzene rings is 1. The van der Waals surface area contributed by atoms with Gasteiger partial charge in [0.25, 0.3) is 5.91 Å². The fourth-order valence-electron chi connectivity index (χ4n) is 1.97. The summed E-state index contributed by atoms with van der Waals surface area (Å²) in [6, 6.07) is 5.11. The number of nitrogens with one attached hydrogen (secondary N) is 2. The van der Waals surface area contributed by atoms with Crippen LogP contribution in [0, 0.1) is 0 Å². The molecule has 0 saturated heterocycles. The van der Waals surface area contributed by atoms with E-state index in [9.17, 15) is 14.0 Å². The molecular weight excluding hydrogens is 279 g/mol. The molecule has 7 heteroatoms. The molecule has 0 saturated carbocycles. The number of hydrogen-bond acceptors (Lipinski definition) is 3. The van der Waals surface area contributed by atoms with Crippen molar-refractivity contribution in [2.45, 2.75) is 6.42 Å². The van der Waals surface area contributed by atoms with Crippen molar-refractivity contribution >= 4 is 12.0 Å². The predicted octanol–water partition coefficient (Wildman–Crippen LogP) is 1.47. The van der Waals surface area contributed by atoms with Crippen LogP contribution >= 0.6 is 0 Å². The van der Waals surface area contributed by atoms with Crippen molar-refractivity contribution in [1.29, 1.82) is 0 Å². The molecule has 1 aromatic carbocycles. The molecule has 112 valence electrons. The van der Waals surface area contributed by atoms with Crippen LogP contribution in [0.25, 0.3) is 0 Å². The highest BCUT2D eigenvalue weighted by molar-refractivity contribution is 5.97. The van der Waals surface area contributed by atoms with Crippen LogP contribution in [0.3, 0.4) is 0 Å². The van der Waals surface area contributed by atoms with E-state index in [2.05, 4.69) is 10.6 Å². The Bertz CT molecular complexity index is 586. The maximum absolute atomic E-state index is 12.6. The van der Waals surface area contributed by atoms with Crippen molar-refractivity contribution in [2.24, 2.45) is 0 Å². The van der Waals surface area contributed by atoms with Gasteiger partial charge in [-0.05, 0) is 24.1 Å². The summed E-state index contributed by atoms with van der Waals surface area (Å²) in [6.07, 6.45) is -0.166. The second-order valence-electron chi connectivity index (χ2n) is 4.54. The van der Waals surface area contributed by atoms with Crippen LogP contribution in [0.5, 0.6) is 5.75 Å². The molecule has 6 nitrogen and oxygen atoms in total. The molecular formula is C14H15FN2O4. The Morgan fingerprint density at radius 2 is 2.33 bits per heavy atom. The van der Waals surface area contributed by atoms with Gasteiger partial charge in [-0.2, -0.15) is 0 Å². The number of carbonyl (C=O) groups excluding carboxylic acids is 1. The molecule has 2 amide bonds. The number of hydrogen-bond donors (Lipinski definition) is 3. The Kier molecular flexibility index (Phi) is 4.76. The smallest absolute Gasteiger partial charge is 0.404 e. The Morgan fingerprint density at radius 1 is 1.52 bits per heavy atom. The molecule has 1 heterocycles. The summed E-state index contributed by atoms with van der Waals surface area (Å²) in [5.41, 5.74) is 1.65. The molecule has 1 aliphatic heterocycles. The van der Waals surface area contributed by atoms with Crippen molar-refractivity contribution in [3.63, 3.8) is 0 Å². The van der Waals surface area contributed by atoms with Gasteiger partial charge in [-0.15, -0.1) is 0 Å². The maximum Gasteiger partial charge on any atom is 0.404 e. The molecule has 0 spiro atoms. The van der Waals surface area contributed by atoms with Crippen LogP contribution in [-0.2, 0) is 6.42 Å². The van der Waals surface area contributed by atoms with E-state index in [4.69, 9.17) is 9.84 Å². The Balaban J connectivity index is 1.98. The standard InChI is InChI=1S/C14H15FN2O4/c15-6-9(7-17-14(19)20)8-21-11-2-1-10-3-4-16-13(18)12(10)5-11/h1-2,5-6,17H,3-4,7-8H2,(H,16,18)(H,19,20). The van der Waals surface area contributed by atoms with E-state index >= 15 is 0 Å². The van der Waals surface area contributed by atoms with Crippen molar-refractivity contribution in [3.8, 4) is 5.75 Å². The number of amides is 2. The number of halogens is 1. The minimum atomic E-state index is -1.24. The Morgan fingerprint density at radius 3 is 3.05 bits per heavy atom. The lowest BCUT2D eigenvalue weighted by Crippen LogP contribution is -2.31. The van der Waals surface area contributed by atoms with Crippen molar-refractivity contribution < 1.29 is 23.8 Å². The molecule has 3 N–H and O–H groups in total. The zero-order chi connectivity index (χ0) is 15.2. The Labute approximate surface area is 120 Å². The summed E-state index contributed by atoms with van der Waals surface area (Å²) in [5, 5.41) is 13.2. The van der Waals surface area contributed by atoms with Gasteiger partial charge in [0.2, 0.25) is 0 Å². The van der Waals surface area contributed by atoms with Gasteiger partial charge in [-0.25, -0.2) is 9.18 Å². The van der Waals surface area contributed by atoms with Gasteiger partial charge in [-0.1, -0.05) is 6.07 Å². The molecule has 1 aromatic rings. The number of rotatable bonds is 5. The summed E-state index contributed by atoms with van der Waals surface area (Å²) in [4.78, 5) is 22.0. The van der Waals surface area contributed by atoms with Gasteiger partial charge < -0.3 is 20.5 Å². The second-order valence-corrected chi connectivity index (χ2v) is 4.54. The molecule has 1 aliphatic rings. The van der Waals surface area contributed by atoms with E-state index < -0.39 is 6.09 Å². The first-order valence-corrected chi connectivity index (χ1v) is 6.39. The SMILES string of the molecule is O=C(O)NCC(=CF)COc1ccc2c(c1)C(=O)NCC2. The summed E-state index contributed by atoms with van der Waals surface area (Å²) >= 11 is 0. The highest BCUT2D eigenvalue weighted by atomic mass is 19.1. The van der Waals surface area contributed by atoms with Gasteiger partial charge in [0.1, 0.15) is 12.4 Å². The number of carboxylic acid groups (broad SMARTS) is 1. The van der Waals surface area contributed by atoms with E-state index in [0.717, 1.165) is 12.0 Å². The number of carbonyl (C=O) groups is 2. The largest absolute Gasteiger partial charge is 0.489 e. The van der Waals surface area contributed by atoms with Crippen LogP contribution in [0.2, 0.25) is 0 Å². The van der Waals surface area contributed by atoms with Gasteiger partial charge in [0.05, 0.1) is 6.33 Å². The third-order valence-corrected chi connectivity index (χ3v) is 3.05. The first-order valence-electron chi connectivity index (χ1n) is 6.39. The number of ether oxygens (including phenoxy) is 1. The molecule has 21 heavy (non-hydrogen) atoms. The van der Waals surface area contributed by atoms with Crippen molar-refractivity contribution in [1.82, 2.24) is 10.6 Å². The molecule has 0 bridgehead atoms. The molecule has 0 aromatic heterocycles. The van der Waals surface area contributed by atoms with Crippen LogP contribution < -0.4 is 15.4 Å². The molecule has 0 unspecified atom stereocenters. The molecule has 0 radical (unpaired) electrons. The van der Waals surface area contributed by atoms with E-state index in [1.54, 1.807) is 18.2 Å². The van der Waals surface area contributed by atoms with Crippen LogP contribution in [0.1, 0.15) is 15.9 Å². The Hall–Kier alpha value is -2.57. The van der Waals surface area contributed by atoms with E-state index in [1.807, 2.05) is 0 Å². The van der Waals surface area contributed by atoms with Crippen LogP contribution in [0.15, 0.2) is 30.1 Å². The predicted molar refractivity (Wildman–Crippen MR) is 73.2 cm³/mol. The molecule has 0 fully saturated rings. The minimum Gasteiger partial charge on any atom is -0.489 e. The summed E-state index contributed by atoms with van der Waals surface area (Å²) in [7, 11) is 0. The second kappa shape index (κ2) is 6.74. The fraction of sp³-hybridized carbons (Fsp3) is 0.286. The van der Waals surface area contributed by atoms with Crippen molar-refractivity contribution in [2.75, 3.05) is 19.7 Å². The topological polar surface area (TPSA) is 87.7 Å². The van der Waals surface area contributed by atoms with E-state index in [0.29, 0.717) is 24.2 Å². The highest BCUT2D eigenvalue weighted by Crippen LogP contribution is 2.21. The zero-order valence-corrected chi connectivity index (χ0v) is 11.2. The first-order chi connectivity index (χ1) is 10.1. The fourth-order valence-corrected chi connectivity index (χ4v) is 1.97. The number of fused-ring (bicyclic) bond motifs is 1. The van der Waals surface area contributed by atoms with Gasteiger partial charge in [0, 0.05) is 24.2 Å². The molecule has 0 aliphatic carbocycles. The van der Waals surface area contributed by atoms with E-state index in [-0.39, 0.29) is 24.6 Å². The minimum absolute atomic E-state index is 0.100. The van der Waals surface area contributed by atoms with Gasteiger partial charge in [-0.3, -0.25) is 4.79 Å². The quantitative estimate of drug-likeness (QED) is 0.767. The highest BCUT2D eigenvalue weighted by Gasteiger charge is 2.17. The lowest BCUT2D eigenvalue weighted by molar-refractivity contribution is 0.0945. The molecule has 0 atom stereocenters. The molecule has 2 rings (SSSR count). The lowest BCUT2D eigenvalue weighted by atomic mass is 10.0. The normalized spacial score (nSPS) is 14.1. The zero-order valence-electron chi connectivity index (χ0n) is 11.2. The average molecular weight is 294 g/mol. The van der Waals surface area contributed by atoms with Crippen LogP contribution in [0.4, 0.5) is 9.18 Å². The monoisotopic (exact) mass is 294 g/mol. The van der Waals surface area contributed by atoms with Crippen molar-refractivity contribution in [3.05, 3.63) is 41.2 Å². The van der Waals surface area contributed by atoms with Gasteiger partial charge >= 0.3 is 6.09 Å². The van der Waals surface area contributed by atoms with Crippen LogP contribution in [-0.4, -0.2) is 36.8 Å². The summed E-state index contributed by atoms with van der Waals surface area (Å²) in [6.45, 7) is 0.357.